The number of esters is 4. The van der Waals surface area contributed by atoms with E-state index in [0.29, 0.717) is 25.7 Å². The van der Waals surface area contributed by atoms with Crippen LogP contribution >= 0.6 is 15.6 Å². The molecular formula is C81H138O17P2. The number of rotatable bonds is 72. The molecule has 0 aromatic heterocycles. The van der Waals surface area contributed by atoms with Gasteiger partial charge >= 0.3 is 39.5 Å². The molecule has 0 radical (unpaired) electrons. The Kier molecular flexibility index (Phi) is 69.5. The number of hydrogen-bond donors (Lipinski definition) is 3. The van der Waals surface area contributed by atoms with Crippen molar-refractivity contribution in [3.05, 3.63) is 122 Å². The number of aliphatic hydroxyl groups is 1. The van der Waals surface area contributed by atoms with Crippen LogP contribution in [0.25, 0.3) is 0 Å². The van der Waals surface area contributed by atoms with Crippen molar-refractivity contribution in [1.29, 1.82) is 0 Å². The SMILES string of the molecule is CC/C=C\C/C=C\C/C=C\C/C=C\CCCCCCC(=O)OC(COC(=O)CCCCCCCC/C=C\C/C=C\C/C=C\CCCCC)COP(=O)(O)OCC(O)COP(=O)(O)OCC(COC(=O)CCCCCCC/C=C\C/C=C\CCC)OC(=O)CCCCCCC/C=C\CCCC. The van der Waals surface area contributed by atoms with Crippen LogP contribution in [-0.4, -0.2) is 96.7 Å². The second kappa shape index (κ2) is 72.8. The van der Waals surface area contributed by atoms with E-state index < -0.39 is 97.5 Å². The Morgan fingerprint density at radius 3 is 0.880 bits per heavy atom. The highest BCUT2D eigenvalue weighted by Crippen LogP contribution is 2.45. The van der Waals surface area contributed by atoms with E-state index in [1.807, 2.05) is 0 Å². The molecule has 5 unspecified atom stereocenters. The number of unbranched alkanes of at least 4 members (excludes halogenated alkanes) is 26. The van der Waals surface area contributed by atoms with Gasteiger partial charge in [0.05, 0.1) is 26.4 Å². The summed E-state index contributed by atoms with van der Waals surface area (Å²) in [7, 11) is -9.97. The predicted molar refractivity (Wildman–Crippen MR) is 408 cm³/mol. The summed E-state index contributed by atoms with van der Waals surface area (Å²) >= 11 is 0. The molecule has 0 rings (SSSR count). The first kappa shape index (κ1) is 95.5. The summed E-state index contributed by atoms with van der Waals surface area (Å²) in [4.78, 5) is 72.9. The van der Waals surface area contributed by atoms with E-state index in [9.17, 15) is 43.2 Å². The summed E-state index contributed by atoms with van der Waals surface area (Å²) in [5.41, 5.74) is 0. The van der Waals surface area contributed by atoms with Crippen LogP contribution in [0.5, 0.6) is 0 Å². The Labute approximate surface area is 606 Å². The zero-order valence-electron chi connectivity index (χ0n) is 62.6. The number of aliphatic hydroxyl groups excluding tert-OH is 1. The summed E-state index contributed by atoms with van der Waals surface area (Å²) in [6.07, 6.45) is 79.0. The first-order valence-corrected chi connectivity index (χ1v) is 41.8. The third-order valence-corrected chi connectivity index (χ3v) is 17.8. The maximum Gasteiger partial charge on any atom is 0.472 e. The Morgan fingerprint density at radius 2 is 0.550 bits per heavy atom. The van der Waals surface area contributed by atoms with Gasteiger partial charge in [0.2, 0.25) is 0 Å². The van der Waals surface area contributed by atoms with Crippen molar-refractivity contribution >= 4 is 39.5 Å². The maximum absolute atomic E-state index is 13.1. The minimum absolute atomic E-state index is 0.0613. The molecule has 0 aliphatic heterocycles. The number of allylic oxidation sites excluding steroid dienone is 20. The molecule has 0 aliphatic carbocycles. The van der Waals surface area contributed by atoms with Crippen LogP contribution in [-0.2, 0) is 65.4 Å². The Bertz CT molecular complexity index is 2370. The van der Waals surface area contributed by atoms with Crippen molar-refractivity contribution in [3.8, 4) is 0 Å². The van der Waals surface area contributed by atoms with Crippen LogP contribution in [0.4, 0.5) is 0 Å². The smallest absolute Gasteiger partial charge is 0.462 e. The number of phosphoric ester groups is 2. The predicted octanol–water partition coefficient (Wildman–Crippen LogP) is 22.3. The van der Waals surface area contributed by atoms with Gasteiger partial charge < -0.3 is 33.8 Å². The zero-order valence-corrected chi connectivity index (χ0v) is 64.4. The molecule has 0 aliphatic rings. The minimum atomic E-state index is -4.99. The van der Waals surface area contributed by atoms with Gasteiger partial charge in [-0.25, -0.2) is 9.13 Å². The third-order valence-electron chi connectivity index (χ3n) is 15.9. The molecule has 574 valence electrons. The molecule has 0 heterocycles. The van der Waals surface area contributed by atoms with E-state index in [1.54, 1.807) is 0 Å². The van der Waals surface area contributed by atoms with Crippen molar-refractivity contribution in [2.45, 2.75) is 329 Å². The Morgan fingerprint density at radius 1 is 0.290 bits per heavy atom. The van der Waals surface area contributed by atoms with Gasteiger partial charge in [-0.3, -0.25) is 37.3 Å². The summed E-state index contributed by atoms with van der Waals surface area (Å²) in [6, 6.07) is 0. The molecule has 3 N–H and O–H groups in total. The first-order chi connectivity index (χ1) is 48.7. The van der Waals surface area contributed by atoms with Crippen molar-refractivity contribution in [1.82, 2.24) is 0 Å². The van der Waals surface area contributed by atoms with Gasteiger partial charge in [-0.2, -0.15) is 0 Å². The normalized spacial score (nSPS) is 14.6. The van der Waals surface area contributed by atoms with Gasteiger partial charge in [0.25, 0.3) is 0 Å². The molecule has 0 amide bonds. The average molecular weight is 1450 g/mol. The molecule has 0 saturated heterocycles. The fraction of sp³-hybridized carbons (Fsp3) is 0.704. The lowest BCUT2D eigenvalue weighted by Crippen LogP contribution is -2.30. The van der Waals surface area contributed by atoms with Gasteiger partial charge in [0, 0.05) is 25.7 Å². The summed E-state index contributed by atoms with van der Waals surface area (Å²) in [5.74, 6) is -2.24. The van der Waals surface area contributed by atoms with Gasteiger partial charge in [-0.15, -0.1) is 0 Å². The summed E-state index contributed by atoms with van der Waals surface area (Å²) in [6.45, 7) is 4.56. The van der Waals surface area contributed by atoms with Crippen LogP contribution < -0.4 is 0 Å². The van der Waals surface area contributed by atoms with Crippen LogP contribution in [0.3, 0.4) is 0 Å². The molecule has 100 heavy (non-hydrogen) atoms. The van der Waals surface area contributed by atoms with Crippen molar-refractivity contribution in [2.75, 3.05) is 39.6 Å². The quantitative estimate of drug-likeness (QED) is 0.0169. The van der Waals surface area contributed by atoms with E-state index in [4.69, 9.17) is 37.0 Å². The fourth-order valence-corrected chi connectivity index (χ4v) is 11.5. The number of carbonyl (C=O) groups excluding carboxylic acids is 4. The molecule has 0 spiro atoms. The largest absolute Gasteiger partial charge is 0.472 e. The topological polar surface area (TPSA) is 237 Å². The Balaban J connectivity index is 5.38. The van der Waals surface area contributed by atoms with Crippen LogP contribution in [0, 0.1) is 0 Å². The molecule has 0 aromatic carbocycles. The minimum Gasteiger partial charge on any atom is -0.462 e. The highest BCUT2D eigenvalue weighted by Gasteiger charge is 2.30. The highest BCUT2D eigenvalue weighted by molar-refractivity contribution is 7.47. The molecule has 0 bridgehead atoms. The average Bonchev–Trinajstić information content (AvgIpc) is 1.05. The number of phosphoric acid groups is 2. The Hall–Kier alpha value is -4.54. The van der Waals surface area contributed by atoms with Crippen molar-refractivity contribution in [2.24, 2.45) is 0 Å². The zero-order chi connectivity index (χ0) is 73.2. The molecular weight excluding hydrogens is 1310 g/mol. The van der Waals surface area contributed by atoms with E-state index in [-0.39, 0.29) is 25.7 Å². The van der Waals surface area contributed by atoms with Crippen molar-refractivity contribution < 1.29 is 80.2 Å². The van der Waals surface area contributed by atoms with Crippen LogP contribution in [0.15, 0.2) is 122 Å². The lowest BCUT2D eigenvalue weighted by molar-refractivity contribution is -0.161. The monoisotopic (exact) mass is 1440 g/mol. The molecule has 5 atom stereocenters. The highest BCUT2D eigenvalue weighted by atomic mass is 31.2. The molecule has 0 saturated carbocycles. The first-order valence-electron chi connectivity index (χ1n) is 38.8. The van der Waals surface area contributed by atoms with E-state index >= 15 is 0 Å². The van der Waals surface area contributed by atoms with Gasteiger partial charge in [-0.05, 0) is 148 Å². The number of carbonyl (C=O) groups is 4. The van der Waals surface area contributed by atoms with E-state index in [2.05, 4.69) is 149 Å². The molecule has 0 fully saturated rings. The van der Waals surface area contributed by atoms with Gasteiger partial charge in [-0.1, -0.05) is 258 Å². The second-order valence-electron chi connectivity index (χ2n) is 25.6. The molecule has 0 aromatic rings. The van der Waals surface area contributed by atoms with Crippen molar-refractivity contribution in [3.63, 3.8) is 0 Å². The van der Waals surface area contributed by atoms with Gasteiger partial charge in [0.15, 0.2) is 12.2 Å². The van der Waals surface area contributed by atoms with Gasteiger partial charge in [0.1, 0.15) is 19.3 Å². The van der Waals surface area contributed by atoms with Crippen LogP contribution in [0.1, 0.15) is 310 Å². The lowest BCUT2D eigenvalue weighted by Gasteiger charge is -2.21. The summed E-state index contributed by atoms with van der Waals surface area (Å²) in [5, 5.41) is 10.6. The molecule has 17 nitrogen and oxygen atoms in total. The maximum atomic E-state index is 13.1. The summed E-state index contributed by atoms with van der Waals surface area (Å²) < 4.78 is 68.4. The van der Waals surface area contributed by atoms with Crippen LogP contribution in [0.2, 0.25) is 0 Å². The van der Waals surface area contributed by atoms with E-state index in [0.717, 1.165) is 199 Å². The molecule has 19 heteroatoms. The van der Waals surface area contributed by atoms with E-state index in [1.165, 1.54) is 32.1 Å². The number of ether oxygens (including phenoxy) is 4. The second-order valence-corrected chi connectivity index (χ2v) is 28.5. The lowest BCUT2D eigenvalue weighted by atomic mass is 10.1. The number of hydrogen-bond acceptors (Lipinski definition) is 15. The standard InChI is InChI=1S/C81H138O17P2/c1-5-9-13-17-21-25-29-32-34-36-37-39-40-43-47-50-54-58-62-66-79(84)92-72-77(98-81(86)68-64-60-56-52-48-44-41-38-35-33-30-26-22-18-14-10-6-2)74-96-100(89,90)94-70-75(82)69-93-99(87,88)95-73-76(97-80(85)67-63-59-55-51-45-28-24-20-16-12-8-4)71-91-78(83)65-61-57-53-49-46-42-31-27-23-19-15-11-7-3/h10,14-15,19-22,24-27,31-35,37,39,41,44,75-77,82H,5-9,11-13,16-18,23,28-30,36,38,40,42-43,45-74H2,1-4H3,(H,87,88)(H,89,90)/b14-10-,19-15-,24-20-,25-21-,26-22-,31-27-,34-32-,35-33-,39-37-,44-41-. The third kappa shape index (κ3) is 71.8. The fourth-order valence-electron chi connectivity index (χ4n) is 9.94.